The number of rotatable bonds is 2. The molecule has 1 aliphatic heterocycles. The van der Waals surface area contributed by atoms with Gasteiger partial charge in [-0.05, 0) is 24.6 Å². The number of nitrogens with two attached hydrogens (primary N) is 1. The Morgan fingerprint density at radius 2 is 2.31 bits per heavy atom. The van der Waals surface area contributed by atoms with Crippen molar-refractivity contribution in [1.82, 2.24) is 0 Å². The smallest absolute Gasteiger partial charge is 0.241 e. The summed E-state index contributed by atoms with van der Waals surface area (Å²) in [5, 5.41) is -0.0741. The number of carbonyl (C=O) groups excluding carboxylic acids is 1. The number of fused-ring (bicyclic) bond motifs is 1. The number of amides is 1. The molecule has 0 fully saturated rings. The molecule has 0 aliphatic carbocycles. The van der Waals surface area contributed by atoms with Gasteiger partial charge >= 0.3 is 0 Å². The van der Waals surface area contributed by atoms with Gasteiger partial charge in [0, 0.05) is 11.4 Å². The summed E-state index contributed by atoms with van der Waals surface area (Å²) in [6.07, 6.45) is 0. The minimum absolute atomic E-state index is 0.0571. The molecular formula is C11H13ClN2OS. The van der Waals surface area contributed by atoms with Crippen LogP contribution in [-0.2, 0) is 11.3 Å². The van der Waals surface area contributed by atoms with E-state index in [-0.39, 0.29) is 17.2 Å². The van der Waals surface area contributed by atoms with Gasteiger partial charge in [-0.1, -0.05) is 6.07 Å². The molecule has 1 atom stereocenters. The number of alkyl halides is 1. The van der Waals surface area contributed by atoms with Crippen LogP contribution in [0.15, 0.2) is 23.1 Å². The quantitative estimate of drug-likeness (QED) is 0.652. The molecule has 3 nitrogen and oxygen atoms in total. The second kappa shape index (κ2) is 4.65. The van der Waals surface area contributed by atoms with Gasteiger partial charge in [-0.25, -0.2) is 0 Å². The van der Waals surface area contributed by atoms with Crippen LogP contribution in [-0.4, -0.2) is 17.2 Å². The van der Waals surface area contributed by atoms with Crippen LogP contribution in [0, 0.1) is 0 Å². The molecule has 0 saturated carbocycles. The Kier molecular flexibility index (Phi) is 3.42. The first-order valence-corrected chi connectivity index (χ1v) is 6.45. The maximum Gasteiger partial charge on any atom is 0.241 e. The number of benzene rings is 1. The van der Waals surface area contributed by atoms with Gasteiger partial charge in [0.05, 0.1) is 10.9 Å². The Labute approximate surface area is 104 Å². The van der Waals surface area contributed by atoms with E-state index in [1.165, 1.54) is 0 Å². The zero-order chi connectivity index (χ0) is 11.7. The summed E-state index contributed by atoms with van der Waals surface area (Å²) < 4.78 is 0. The first-order valence-electron chi connectivity index (χ1n) is 5.04. The van der Waals surface area contributed by atoms with E-state index >= 15 is 0 Å². The van der Waals surface area contributed by atoms with Crippen molar-refractivity contribution in [3.05, 3.63) is 23.8 Å². The topological polar surface area (TPSA) is 46.3 Å². The van der Waals surface area contributed by atoms with E-state index in [1.807, 2.05) is 25.1 Å². The third-order valence-corrected chi connectivity index (χ3v) is 3.98. The minimum atomic E-state index is -0.0741. The van der Waals surface area contributed by atoms with E-state index in [1.54, 1.807) is 16.7 Å². The lowest BCUT2D eigenvalue weighted by atomic mass is 10.2. The van der Waals surface area contributed by atoms with Gasteiger partial charge in [0.15, 0.2) is 0 Å². The summed E-state index contributed by atoms with van der Waals surface area (Å²) in [6, 6.07) is 6.12. The molecule has 0 bridgehead atoms. The van der Waals surface area contributed by atoms with E-state index in [0.29, 0.717) is 6.54 Å². The first-order chi connectivity index (χ1) is 7.67. The van der Waals surface area contributed by atoms with Crippen molar-refractivity contribution in [3.63, 3.8) is 0 Å². The summed E-state index contributed by atoms with van der Waals surface area (Å²) in [7, 11) is 0. The van der Waals surface area contributed by atoms with Gasteiger partial charge in [-0.2, -0.15) is 0 Å². The predicted octanol–water partition coefficient (Wildman–Crippen LogP) is 2.17. The molecule has 0 spiro atoms. The van der Waals surface area contributed by atoms with Gasteiger partial charge in [-0.3, -0.25) is 9.69 Å². The number of carbonyl (C=O) groups is 1. The second-order valence-electron chi connectivity index (χ2n) is 3.65. The van der Waals surface area contributed by atoms with Crippen molar-refractivity contribution in [2.45, 2.75) is 23.6 Å². The Morgan fingerprint density at radius 3 is 2.94 bits per heavy atom. The van der Waals surface area contributed by atoms with E-state index in [0.717, 1.165) is 16.1 Å². The van der Waals surface area contributed by atoms with Gasteiger partial charge < -0.3 is 5.73 Å². The minimum Gasteiger partial charge on any atom is -0.326 e. The van der Waals surface area contributed by atoms with Crippen LogP contribution in [0.1, 0.15) is 12.5 Å². The molecule has 1 aromatic rings. The highest BCUT2D eigenvalue weighted by molar-refractivity contribution is 8.01. The third-order valence-electron chi connectivity index (χ3n) is 2.59. The molecule has 0 saturated heterocycles. The van der Waals surface area contributed by atoms with Crippen molar-refractivity contribution >= 4 is 35.0 Å². The van der Waals surface area contributed by atoms with Crippen molar-refractivity contribution in [2.24, 2.45) is 5.73 Å². The molecule has 1 aromatic carbocycles. The van der Waals surface area contributed by atoms with Crippen LogP contribution in [0.2, 0.25) is 0 Å². The van der Waals surface area contributed by atoms with Gasteiger partial charge in [-0.15, -0.1) is 23.4 Å². The van der Waals surface area contributed by atoms with Crippen LogP contribution in [0.3, 0.4) is 0 Å². The number of hydrogen-bond acceptors (Lipinski definition) is 3. The first kappa shape index (κ1) is 11.8. The van der Waals surface area contributed by atoms with Crippen LogP contribution in [0.5, 0.6) is 0 Å². The molecule has 0 radical (unpaired) electrons. The fraction of sp³-hybridized carbons (Fsp3) is 0.364. The average Bonchev–Trinajstić information content (AvgIpc) is 2.30. The molecule has 86 valence electrons. The standard InChI is InChI=1S/C11H13ClN2OS/c1-7-11(15)14(6-12)9-4-8(5-13)2-3-10(9)16-7/h2-4,7H,5-6,13H2,1H3. The summed E-state index contributed by atoms with van der Waals surface area (Å²) in [5.41, 5.74) is 7.48. The third kappa shape index (κ3) is 1.93. The predicted molar refractivity (Wildman–Crippen MR) is 67.9 cm³/mol. The molecule has 1 unspecified atom stereocenters. The molecule has 5 heteroatoms. The monoisotopic (exact) mass is 256 g/mol. The van der Waals surface area contributed by atoms with Crippen LogP contribution in [0.4, 0.5) is 5.69 Å². The molecule has 2 N–H and O–H groups in total. The van der Waals surface area contributed by atoms with Crippen LogP contribution < -0.4 is 10.6 Å². The highest BCUT2D eigenvalue weighted by Crippen LogP contribution is 2.39. The fourth-order valence-electron chi connectivity index (χ4n) is 1.70. The number of thioether (sulfide) groups is 1. The molecule has 16 heavy (non-hydrogen) atoms. The number of halogens is 1. The second-order valence-corrected chi connectivity index (χ2v) is 5.27. The normalized spacial score (nSPS) is 19.8. The van der Waals surface area contributed by atoms with E-state index < -0.39 is 0 Å². The summed E-state index contributed by atoms with van der Waals surface area (Å²) in [5.74, 6) is 0.0571. The maximum absolute atomic E-state index is 11.9. The van der Waals surface area contributed by atoms with Gasteiger partial charge in [0.2, 0.25) is 5.91 Å². The molecule has 2 rings (SSSR count). The number of nitrogens with zero attached hydrogens (tertiary/aromatic N) is 1. The van der Waals surface area contributed by atoms with Crippen molar-refractivity contribution in [1.29, 1.82) is 0 Å². The van der Waals surface area contributed by atoms with E-state index in [4.69, 9.17) is 17.3 Å². The SMILES string of the molecule is CC1Sc2ccc(CN)cc2N(CCl)C1=O. The Balaban J connectivity index is 2.48. The lowest BCUT2D eigenvalue weighted by molar-refractivity contribution is -0.117. The fourth-order valence-corrected chi connectivity index (χ4v) is 2.99. The summed E-state index contributed by atoms with van der Waals surface area (Å²) >= 11 is 7.40. The molecule has 1 heterocycles. The summed E-state index contributed by atoms with van der Waals surface area (Å²) in [6.45, 7) is 2.37. The lowest BCUT2D eigenvalue weighted by Crippen LogP contribution is -2.38. The van der Waals surface area contributed by atoms with Crippen LogP contribution >= 0.6 is 23.4 Å². The Hall–Kier alpha value is -0.710. The highest BCUT2D eigenvalue weighted by Gasteiger charge is 2.30. The van der Waals surface area contributed by atoms with E-state index in [9.17, 15) is 4.79 Å². The molecule has 1 amide bonds. The number of anilines is 1. The van der Waals surface area contributed by atoms with Crippen molar-refractivity contribution in [2.75, 3.05) is 10.9 Å². The molecule has 1 aliphatic rings. The van der Waals surface area contributed by atoms with Crippen molar-refractivity contribution < 1.29 is 4.79 Å². The largest absolute Gasteiger partial charge is 0.326 e. The average molecular weight is 257 g/mol. The maximum atomic E-state index is 11.9. The molecular weight excluding hydrogens is 244 g/mol. The van der Waals surface area contributed by atoms with E-state index in [2.05, 4.69) is 0 Å². The Bertz CT molecular complexity index is 424. The zero-order valence-electron chi connectivity index (χ0n) is 8.94. The molecule has 0 aromatic heterocycles. The highest BCUT2D eigenvalue weighted by atomic mass is 35.5. The van der Waals surface area contributed by atoms with Crippen LogP contribution in [0.25, 0.3) is 0 Å². The zero-order valence-corrected chi connectivity index (χ0v) is 10.5. The van der Waals surface area contributed by atoms with Gasteiger partial charge in [0.25, 0.3) is 0 Å². The lowest BCUT2D eigenvalue weighted by Gasteiger charge is -2.31. The van der Waals surface area contributed by atoms with Gasteiger partial charge in [0.1, 0.15) is 6.00 Å². The summed E-state index contributed by atoms with van der Waals surface area (Å²) in [4.78, 5) is 14.6. The number of hydrogen-bond donors (Lipinski definition) is 1. The van der Waals surface area contributed by atoms with Crippen molar-refractivity contribution in [3.8, 4) is 0 Å². The Morgan fingerprint density at radius 1 is 1.56 bits per heavy atom.